The van der Waals surface area contributed by atoms with Gasteiger partial charge >= 0.3 is 0 Å². The zero-order valence-electron chi connectivity index (χ0n) is 9.33. The summed E-state index contributed by atoms with van der Waals surface area (Å²) in [4.78, 5) is 9.23. The predicted octanol–water partition coefficient (Wildman–Crippen LogP) is 2.75. The van der Waals surface area contributed by atoms with Crippen LogP contribution >= 0.6 is 11.6 Å². The smallest absolute Gasteiger partial charge is 0.224 e. The highest BCUT2D eigenvalue weighted by Crippen LogP contribution is 2.20. The number of anilines is 1. The van der Waals surface area contributed by atoms with Crippen molar-refractivity contribution in [2.24, 2.45) is 5.92 Å². The molecule has 0 aliphatic carbocycles. The van der Waals surface area contributed by atoms with E-state index in [0.29, 0.717) is 5.92 Å². The van der Waals surface area contributed by atoms with Gasteiger partial charge in [-0.05, 0) is 24.4 Å². The Morgan fingerprint density at radius 1 is 1.40 bits per heavy atom. The second-order valence-electron chi connectivity index (χ2n) is 3.91. The van der Waals surface area contributed by atoms with E-state index in [1.165, 1.54) is 0 Å². The molecule has 5 heteroatoms. The molecule has 1 rings (SSSR count). The van der Waals surface area contributed by atoms with Gasteiger partial charge in [-0.2, -0.15) is 4.98 Å². The molecule has 0 saturated carbocycles. The largest absolute Gasteiger partial charge is 0.354 e. The van der Waals surface area contributed by atoms with Crippen molar-refractivity contribution < 1.29 is 4.39 Å². The maximum absolute atomic E-state index is 13.4. The molecule has 3 nitrogen and oxygen atoms in total. The SMILES string of the molecule is CC(C)C(C)N(C)c1nc(Cl)ncc1F. The fourth-order valence-electron chi connectivity index (χ4n) is 1.22. The third kappa shape index (κ3) is 2.78. The predicted molar refractivity (Wildman–Crippen MR) is 59.7 cm³/mol. The van der Waals surface area contributed by atoms with Crippen LogP contribution in [-0.4, -0.2) is 23.1 Å². The molecule has 0 aliphatic heterocycles. The van der Waals surface area contributed by atoms with Crippen molar-refractivity contribution in [1.82, 2.24) is 9.97 Å². The molecule has 0 aromatic carbocycles. The third-order valence-corrected chi connectivity index (χ3v) is 2.79. The lowest BCUT2D eigenvalue weighted by molar-refractivity contribution is 0.492. The van der Waals surface area contributed by atoms with Gasteiger partial charge in [0.15, 0.2) is 11.6 Å². The lowest BCUT2D eigenvalue weighted by Gasteiger charge is -2.28. The quantitative estimate of drug-likeness (QED) is 0.749. The molecule has 0 spiro atoms. The van der Waals surface area contributed by atoms with Crippen LogP contribution in [0.4, 0.5) is 10.2 Å². The summed E-state index contributed by atoms with van der Waals surface area (Å²) in [5, 5.41) is 0.0641. The number of aromatic nitrogens is 2. The average Bonchev–Trinajstić information content (AvgIpc) is 2.19. The van der Waals surface area contributed by atoms with E-state index in [2.05, 4.69) is 23.8 Å². The molecular weight excluding hydrogens is 217 g/mol. The average molecular weight is 232 g/mol. The van der Waals surface area contributed by atoms with E-state index in [4.69, 9.17) is 11.6 Å². The van der Waals surface area contributed by atoms with Gasteiger partial charge in [0, 0.05) is 13.1 Å². The molecule has 0 radical (unpaired) electrons. The van der Waals surface area contributed by atoms with Crippen LogP contribution in [0.3, 0.4) is 0 Å². The zero-order chi connectivity index (χ0) is 11.6. The van der Waals surface area contributed by atoms with Crippen LogP contribution in [0.2, 0.25) is 5.28 Å². The van der Waals surface area contributed by atoms with E-state index in [1.807, 2.05) is 6.92 Å². The van der Waals surface area contributed by atoms with Crippen molar-refractivity contribution >= 4 is 17.4 Å². The first-order valence-electron chi connectivity index (χ1n) is 4.84. The van der Waals surface area contributed by atoms with Gasteiger partial charge in [-0.25, -0.2) is 9.37 Å². The van der Waals surface area contributed by atoms with Crippen LogP contribution in [0.25, 0.3) is 0 Å². The molecule has 0 aliphatic rings. The van der Waals surface area contributed by atoms with Crippen LogP contribution in [-0.2, 0) is 0 Å². The Morgan fingerprint density at radius 2 is 2.00 bits per heavy atom. The molecule has 0 saturated heterocycles. The maximum Gasteiger partial charge on any atom is 0.224 e. The molecule has 1 aromatic heterocycles. The molecule has 84 valence electrons. The van der Waals surface area contributed by atoms with E-state index in [-0.39, 0.29) is 17.1 Å². The highest BCUT2D eigenvalue weighted by molar-refractivity contribution is 6.28. The van der Waals surface area contributed by atoms with Crippen molar-refractivity contribution in [3.8, 4) is 0 Å². The van der Waals surface area contributed by atoms with Gasteiger partial charge in [0.25, 0.3) is 0 Å². The summed E-state index contributed by atoms with van der Waals surface area (Å²) >= 11 is 5.63. The molecule has 1 aromatic rings. The molecular formula is C10H15ClFN3. The van der Waals surface area contributed by atoms with Gasteiger partial charge in [-0.1, -0.05) is 13.8 Å². The maximum atomic E-state index is 13.4. The second-order valence-corrected chi connectivity index (χ2v) is 4.24. The molecule has 15 heavy (non-hydrogen) atoms. The fourth-order valence-corrected chi connectivity index (χ4v) is 1.35. The Hall–Kier alpha value is -0.900. The van der Waals surface area contributed by atoms with Gasteiger partial charge in [0.2, 0.25) is 5.28 Å². The first kappa shape index (κ1) is 12.2. The lowest BCUT2D eigenvalue weighted by atomic mass is 10.1. The molecule has 1 heterocycles. The lowest BCUT2D eigenvalue weighted by Crippen LogP contribution is -2.34. The first-order chi connectivity index (χ1) is 6.93. The van der Waals surface area contributed by atoms with Gasteiger partial charge in [-0.3, -0.25) is 0 Å². The summed E-state index contributed by atoms with van der Waals surface area (Å²) in [7, 11) is 1.80. The summed E-state index contributed by atoms with van der Waals surface area (Å²) in [6.45, 7) is 6.16. The normalized spacial score (nSPS) is 13.0. The van der Waals surface area contributed by atoms with E-state index in [1.54, 1.807) is 11.9 Å². The number of rotatable bonds is 3. The molecule has 0 amide bonds. The number of hydrogen-bond donors (Lipinski definition) is 0. The highest BCUT2D eigenvalue weighted by Gasteiger charge is 2.18. The standard InChI is InChI=1S/C10H15ClFN3/c1-6(2)7(3)15(4)9-8(12)5-13-10(11)14-9/h5-7H,1-4H3. The molecule has 0 bridgehead atoms. The van der Waals surface area contributed by atoms with Gasteiger partial charge in [-0.15, -0.1) is 0 Å². The molecule has 0 N–H and O–H groups in total. The Bertz CT molecular complexity index is 343. The van der Waals surface area contributed by atoms with Gasteiger partial charge < -0.3 is 4.90 Å². The third-order valence-electron chi connectivity index (χ3n) is 2.61. The van der Waals surface area contributed by atoms with Crippen molar-refractivity contribution in [2.75, 3.05) is 11.9 Å². The summed E-state index contributed by atoms with van der Waals surface area (Å²) in [5.41, 5.74) is 0. The van der Waals surface area contributed by atoms with Crippen molar-refractivity contribution in [2.45, 2.75) is 26.8 Å². The summed E-state index contributed by atoms with van der Waals surface area (Å²) in [6.07, 6.45) is 1.09. The number of halogens is 2. The van der Waals surface area contributed by atoms with E-state index < -0.39 is 5.82 Å². The topological polar surface area (TPSA) is 29.0 Å². The van der Waals surface area contributed by atoms with Crippen LogP contribution in [0.15, 0.2) is 6.20 Å². The Balaban J connectivity index is 2.99. The Labute approximate surface area is 94.3 Å². The minimum atomic E-state index is -0.450. The monoisotopic (exact) mass is 231 g/mol. The second kappa shape index (κ2) is 4.75. The molecule has 1 unspecified atom stereocenters. The first-order valence-corrected chi connectivity index (χ1v) is 5.22. The van der Waals surface area contributed by atoms with Gasteiger partial charge in [0.1, 0.15) is 0 Å². The molecule has 1 atom stereocenters. The van der Waals surface area contributed by atoms with Crippen LogP contribution < -0.4 is 4.90 Å². The fraction of sp³-hybridized carbons (Fsp3) is 0.600. The van der Waals surface area contributed by atoms with Crippen LogP contribution in [0.1, 0.15) is 20.8 Å². The summed E-state index contributed by atoms with van der Waals surface area (Å²) < 4.78 is 13.4. The Kier molecular flexibility index (Phi) is 3.85. The minimum Gasteiger partial charge on any atom is -0.354 e. The van der Waals surface area contributed by atoms with Gasteiger partial charge in [0.05, 0.1) is 6.20 Å². The van der Waals surface area contributed by atoms with E-state index >= 15 is 0 Å². The van der Waals surface area contributed by atoms with Crippen molar-refractivity contribution in [1.29, 1.82) is 0 Å². The minimum absolute atomic E-state index is 0.0641. The summed E-state index contributed by atoms with van der Waals surface area (Å²) in [6, 6.07) is 0.186. The number of nitrogens with zero attached hydrogens (tertiary/aromatic N) is 3. The van der Waals surface area contributed by atoms with Crippen LogP contribution in [0.5, 0.6) is 0 Å². The Morgan fingerprint density at radius 3 is 2.53 bits per heavy atom. The number of hydrogen-bond acceptors (Lipinski definition) is 3. The van der Waals surface area contributed by atoms with Crippen molar-refractivity contribution in [3.05, 3.63) is 17.3 Å². The van der Waals surface area contributed by atoms with Crippen molar-refractivity contribution in [3.63, 3.8) is 0 Å². The van der Waals surface area contributed by atoms with E-state index in [0.717, 1.165) is 6.20 Å². The molecule has 0 fully saturated rings. The highest BCUT2D eigenvalue weighted by atomic mass is 35.5. The zero-order valence-corrected chi connectivity index (χ0v) is 10.1. The van der Waals surface area contributed by atoms with E-state index in [9.17, 15) is 4.39 Å². The van der Waals surface area contributed by atoms with Crippen LogP contribution in [0, 0.1) is 11.7 Å². The summed E-state index contributed by atoms with van der Waals surface area (Å²) in [5.74, 6) is 0.203.